The zero-order valence-electron chi connectivity index (χ0n) is 30.9. The van der Waals surface area contributed by atoms with E-state index in [1.165, 1.54) is 55.6 Å². The molecule has 12 nitrogen and oxygen atoms in total. The van der Waals surface area contributed by atoms with Crippen molar-refractivity contribution in [3.63, 3.8) is 0 Å². The number of hydrogen-bond acceptors (Lipinski definition) is 11. The normalized spacial score (nSPS) is 19.7. The number of methoxy groups -OCH3 is 1. The van der Waals surface area contributed by atoms with Crippen LogP contribution in [-0.4, -0.2) is 90.7 Å². The summed E-state index contributed by atoms with van der Waals surface area (Å²) >= 11 is 0. The molecule has 4 heterocycles. The van der Waals surface area contributed by atoms with Crippen LogP contribution in [-0.2, 0) is 9.63 Å². The van der Waals surface area contributed by atoms with E-state index in [2.05, 4.69) is 41.9 Å². The molecule has 4 fully saturated rings. The molecule has 55 heavy (non-hydrogen) atoms. The van der Waals surface area contributed by atoms with Crippen LogP contribution in [0.3, 0.4) is 0 Å². The Morgan fingerprint density at radius 3 is 2.31 bits per heavy atom. The molecule has 1 saturated carbocycles. The molecule has 14 heteroatoms. The number of carbonyl (C=O) groups is 1. The molecular weight excluding hydrogens is 706 g/mol. The van der Waals surface area contributed by atoms with E-state index in [0.717, 1.165) is 63.8 Å². The molecule has 8 rings (SSSR count). The smallest absolute Gasteiger partial charge is 0.247 e. The highest BCUT2D eigenvalue weighted by Crippen LogP contribution is 2.41. The number of amides is 1. The van der Waals surface area contributed by atoms with Crippen LogP contribution < -0.4 is 30.1 Å². The number of benzene rings is 3. The summed E-state index contributed by atoms with van der Waals surface area (Å²) in [7, 11) is 1.61. The summed E-state index contributed by atoms with van der Waals surface area (Å²) < 4.78 is 40.3. The van der Waals surface area contributed by atoms with Gasteiger partial charge < -0.3 is 25.0 Å². The number of rotatable bonds is 12. The maximum Gasteiger partial charge on any atom is 0.247 e. The number of ether oxygens (including phenoxy) is 2. The molecule has 1 amide bonds. The predicted octanol–water partition coefficient (Wildman–Crippen LogP) is 7.06. The summed E-state index contributed by atoms with van der Waals surface area (Å²) in [5.74, 6) is 0.701. The summed E-state index contributed by atoms with van der Waals surface area (Å²) in [6.07, 6.45) is 8.02. The third-order valence-electron chi connectivity index (χ3n) is 10.9. The molecule has 3 aliphatic heterocycles. The topological polar surface area (TPSA) is 108 Å². The molecule has 1 aliphatic carbocycles. The van der Waals surface area contributed by atoms with Crippen LogP contribution in [0.2, 0.25) is 0 Å². The minimum atomic E-state index is -0.498. The fourth-order valence-electron chi connectivity index (χ4n) is 7.93. The van der Waals surface area contributed by atoms with Crippen LogP contribution in [0.25, 0.3) is 0 Å². The van der Waals surface area contributed by atoms with Gasteiger partial charge in [-0.05, 0) is 67.7 Å². The number of piperidine rings is 1. The average molecular weight is 753 g/mol. The molecule has 0 radical (unpaired) electrons. The molecular formula is C41H46F2N8O4. The summed E-state index contributed by atoms with van der Waals surface area (Å²) in [5.41, 5.74) is 2.70. The van der Waals surface area contributed by atoms with E-state index in [0.29, 0.717) is 53.4 Å². The van der Waals surface area contributed by atoms with E-state index in [1.807, 2.05) is 12.1 Å². The molecule has 4 aromatic rings. The second-order valence-corrected chi connectivity index (χ2v) is 14.4. The van der Waals surface area contributed by atoms with Crippen molar-refractivity contribution >= 4 is 34.6 Å². The molecule has 2 N–H and O–H groups in total. The summed E-state index contributed by atoms with van der Waals surface area (Å²) in [6, 6.07) is 16.6. The molecule has 0 spiro atoms. The quantitative estimate of drug-likeness (QED) is 0.145. The van der Waals surface area contributed by atoms with Gasteiger partial charge >= 0.3 is 0 Å². The van der Waals surface area contributed by atoms with Crippen LogP contribution in [0.15, 0.2) is 79.6 Å². The SMILES string of the molecule is C=CC(=O)Nc1cc(Nc2cc(N3OCC[C@@H]3c3cc(F)cc(Oc4cccc(F)c4)c3)ncn2)c(OC)cc1N1CCC(N2CCN(C3CC3)CC2)CC1. The lowest BCUT2D eigenvalue weighted by Gasteiger charge is -2.43. The van der Waals surface area contributed by atoms with Crippen LogP contribution in [0, 0.1) is 11.6 Å². The largest absolute Gasteiger partial charge is 0.494 e. The van der Waals surface area contributed by atoms with Gasteiger partial charge in [-0.3, -0.25) is 19.4 Å². The number of aromatic nitrogens is 2. The zero-order valence-corrected chi connectivity index (χ0v) is 30.9. The van der Waals surface area contributed by atoms with Crippen LogP contribution in [0.1, 0.15) is 43.7 Å². The standard InChI is InChI=1S/C41H46F2N8O4/c1-3-41(52)47-34-23-35(38(53-2)24-37(34)50-12-9-31(10-13-50)49-16-14-48(15-17-49)30-7-8-30)46-39-25-40(45-26-44-39)51-36(11-18-54-51)27-19-29(43)22-33(20-27)55-32-6-4-5-28(42)21-32/h3-6,19-26,30-31,36H,1,7-18H2,2H3,(H,47,52)(H,44,45,46)/t36-/m1/s1. The van der Waals surface area contributed by atoms with Gasteiger partial charge in [0.1, 0.15) is 41.0 Å². The number of halogens is 2. The van der Waals surface area contributed by atoms with E-state index in [1.54, 1.807) is 30.4 Å². The van der Waals surface area contributed by atoms with Gasteiger partial charge in [0, 0.05) is 82.0 Å². The van der Waals surface area contributed by atoms with Gasteiger partial charge in [-0.25, -0.2) is 23.8 Å². The molecule has 288 valence electrons. The number of hydroxylamine groups is 1. The predicted molar refractivity (Wildman–Crippen MR) is 207 cm³/mol. The first-order valence-electron chi connectivity index (χ1n) is 19.0. The Bertz CT molecular complexity index is 2020. The fraction of sp³-hybridized carbons (Fsp3) is 0.390. The molecule has 3 aromatic carbocycles. The van der Waals surface area contributed by atoms with Crippen molar-refractivity contribution < 1.29 is 27.9 Å². The molecule has 4 aliphatic rings. The lowest BCUT2D eigenvalue weighted by molar-refractivity contribution is -0.111. The highest BCUT2D eigenvalue weighted by atomic mass is 19.1. The van der Waals surface area contributed by atoms with Gasteiger partial charge in [-0.1, -0.05) is 12.6 Å². The van der Waals surface area contributed by atoms with Crippen LogP contribution >= 0.6 is 0 Å². The minimum Gasteiger partial charge on any atom is -0.494 e. The first-order valence-corrected chi connectivity index (χ1v) is 19.0. The third-order valence-corrected chi connectivity index (χ3v) is 10.9. The van der Waals surface area contributed by atoms with E-state index < -0.39 is 11.6 Å². The third kappa shape index (κ3) is 8.51. The molecule has 1 atom stereocenters. The van der Waals surface area contributed by atoms with Crippen molar-refractivity contribution in [2.24, 2.45) is 0 Å². The molecule has 0 unspecified atom stereocenters. The monoisotopic (exact) mass is 752 g/mol. The fourth-order valence-corrected chi connectivity index (χ4v) is 7.93. The Hall–Kier alpha value is -5.31. The Balaban J connectivity index is 0.988. The van der Waals surface area contributed by atoms with Crippen molar-refractivity contribution in [2.45, 2.75) is 50.2 Å². The zero-order chi connectivity index (χ0) is 37.9. The molecule has 1 aromatic heterocycles. The maximum absolute atomic E-state index is 14.9. The summed E-state index contributed by atoms with van der Waals surface area (Å²) in [6.45, 7) is 10.3. The lowest BCUT2D eigenvalue weighted by atomic mass is 10.0. The van der Waals surface area contributed by atoms with E-state index in [4.69, 9.17) is 14.3 Å². The van der Waals surface area contributed by atoms with Crippen molar-refractivity contribution in [1.29, 1.82) is 0 Å². The number of nitrogens with one attached hydrogen (secondary N) is 2. The van der Waals surface area contributed by atoms with E-state index in [-0.39, 0.29) is 23.4 Å². The summed E-state index contributed by atoms with van der Waals surface area (Å²) in [4.78, 5) is 35.2. The molecule has 3 saturated heterocycles. The lowest BCUT2D eigenvalue weighted by Crippen LogP contribution is -2.53. The van der Waals surface area contributed by atoms with Crippen molar-refractivity contribution in [1.82, 2.24) is 19.8 Å². The van der Waals surface area contributed by atoms with E-state index in [9.17, 15) is 13.6 Å². The highest BCUT2D eigenvalue weighted by Gasteiger charge is 2.34. The van der Waals surface area contributed by atoms with Crippen molar-refractivity contribution in [3.8, 4) is 17.2 Å². The number of piperazine rings is 1. The van der Waals surface area contributed by atoms with Gasteiger partial charge in [0.05, 0.1) is 36.8 Å². The van der Waals surface area contributed by atoms with Crippen molar-refractivity contribution in [3.05, 3.63) is 96.8 Å². The maximum atomic E-state index is 14.9. The Morgan fingerprint density at radius 2 is 1.60 bits per heavy atom. The van der Waals surface area contributed by atoms with Gasteiger partial charge in [-0.2, -0.15) is 0 Å². The average Bonchev–Trinajstić information content (AvgIpc) is 3.93. The summed E-state index contributed by atoms with van der Waals surface area (Å²) in [5, 5.41) is 7.98. The first-order chi connectivity index (χ1) is 26.8. The van der Waals surface area contributed by atoms with Crippen LogP contribution in [0.4, 0.5) is 37.5 Å². The van der Waals surface area contributed by atoms with Gasteiger partial charge in [0.25, 0.3) is 0 Å². The number of hydrogen-bond donors (Lipinski definition) is 2. The van der Waals surface area contributed by atoms with E-state index >= 15 is 0 Å². The Kier molecular flexibility index (Phi) is 10.8. The Morgan fingerprint density at radius 1 is 0.855 bits per heavy atom. The van der Waals surface area contributed by atoms with Gasteiger partial charge in [0.15, 0.2) is 5.82 Å². The van der Waals surface area contributed by atoms with Gasteiger partial charge in [0.2, 0.25) is 5.91 Å². The van der Waals surface area contributed by atoms with Crippen molar-refractivity contribution in [2.75, 3.05) is 73.6 Å². The number of nitrogens with zero attached hydrogens (tertiary/aromatic N) is 6. The second kappa shape index (κ2) is 16.2. The Labute approximate surface area is 319 Å². The van der Waals surface area contributed by atoms with Gasteiger partial charge in [-0.15, -0.1) is 0 Å². The minimum absolute atomic E-state index is 0.235. The number of carbonyl (C=O) groups excluding carboxylic acids is 1. The first kappa shape index (κ1) is 36.7. The molecule has 0 bridgehead atoms. The van der Waals surface area contributed by atoms with Crippen LogP contribution in [0.5, 0.6) is 17.2 Å². The highest BCUT2D eigenvalue weighted by molar-refractivity contribution is 6.02. The number of anilines is 5. The second-order valence-electron chi connectivity index (χ2n) is 14.4.